The number of hydrogen-bond acceptors (Lipinski definition) is 4. The fourth-order valence-corrected chi connectivity index (χ4v) is 4.45. The first kappa shape index (κ1) is 18.4. The van der Waals surface area contributed by atoms with Gasteiger partial charge in [-0.2, -0.15) is 9.49 Å². The zero-order valence-electron chi connectivity index (χ0n) is 16.2. The highest BCUT2D eigenvalue weighted by Crippen LogP contribution is 2.38. The smallest absolute Gasteiger partial charge is 0.215 e. The Morgan fingerprint density at radius 3 is 2.74 bits per heavy atom. The summed E-state index contributed by atoms with van der Waals surface area (Å²) in [6.45, 7) is 4.93. The van der Waals surface area contributed by atoms with E-state index in [1.807, 2.05) is 6.07 Å². The van der Waals surface area contributed by atoms with Gasteiger partial charge in [0.15, 0.2) is 0 Å². The summed E-state index contributed by atoms with van der Waals surface area (Å²) in [5, 5.41) is 21.5. The van der Waals surface area contributed by atoms with Crippen molar-refractivity contribution in [2.45, 2.75) is 70.8 Å². The van der Waals surface area contributed by atoms with Crippen LogP contribution in [0.3, 0.4) is 0 Å². The van der Waals surface area contributed by atoms with E-state index in [9.17, 15) is 9.50 Å². The number of rotatable bonds is 4. The van der Waals surface area contributed by atoms with Crippen LogP contribution in [-0.4, -0.2) is 32.4 Å². The Morgan fingerprint density at radius 1 is 1.19 bits per heavy atom. The average Bonchev–Trinajstić information content (AvgIpc) is 3.02. The van der Waals surface area contributed by atoms with E-state index >= 15 is 0 Å². The Balaban J connectivity index is 1.56. The van der Waals surface area contributed by atoms with Crippen LogP contribution in [-0.2, 0) is 12.8 Å². The van der Waals surface area contributed by atoms with E-state index < -0.39 is 11.5 Å². The van der Waals surface area contributed by atoms with E-state index in [4.69, 9.17) is 0 Å². The van der Waals surface area contributed by atoms with Crippen molar-refractivity contribution in [2.24, 2.45) is 5.41 Å². The minimum absolute atomic E-state index is 0.266. The zero-order chi connectivity index (χ0) is 19.1. The Bertz CT molecular complexity index is 824. The number of H-pyrrole nitrogens is 1. The van der Waals surface area contributed by atoms with E-state index in [0.29, 0.717) is 12.4 Å². The van der Waals surface area contributed by atoms with Crippen molar-refractivity contribution in [1.82, 2.24) is 15.2 Å². The fourth-order valence-electron chi connectivity index (χ4n) is 4.45. The van der Waals surface area contributed by atoms with Crippen LogP contribution in [0.2, 0.25) is 0 Å². The molecule has 5 nitrogen and oxygen atoms in total. The van der Waals surface area contributed by atoms with Crippen molar-refractivity contribution in [1.29, 1.82) is 0 Å². The summed E-state index contributed by atoms with van der Waals surface area (Å²) in [5.41, 5.74) is 3.45. The van der Waals surface area contributed by atoms with Gasteiger partial charge in [0.1, 0.15) is 5.82 Å². The number of anilines is 1. The Hall–Kier alpha value is -1.95. The third-order valence-corrected chi connectivity index (χ3v) is 6.11. The summed E-state index contributed by atoms with van der Waals surface area (Å²) in [5.74, 6) is -0.0737. The van der Waals surface area contributed by atoms with E-state index in [1.54, 1.807) is 0 Å². The van der Waals surface area contributed by atoms with Crippen LogP contribution in [0.5, 0.6) is 0 Å². The number of nitrogens with one attached hydrogen (secondary N) is 2. The Labute approximate surface area is 159 Å². The van der Waals surface area contributed by atoms with Gasteiger partial charge in [0, 0.05) is 29.4 Å². The van der Waals surface area contributed by atoms with E-state index in [2.05, 4.69) is 34.3 Å². The summed E-state index contributed by atoms with van der Waals surface area (Å²) in [6, 6.07) is 3.28. The number of fused-ring (bicyclic) bond motifs is 1. The lowest BCUT2D eigenvalue weighted by Crippen LogP contribution is -2.38. The summed E-state index contributed by atoms with van der Waals surface area (Å²) < 4.78 is 14.2. The minimum Gasteiger partial charge on any atom is -0.388 e. The lowest BCUT2D eigenvalue weighted by molar-refractivity contribution is 0.0166. The van der Waals surface area contributed by atoms with Gasteiger partial charge < -0.3 is 10.4 Å². The molecule has 0 saturated heterocycles. The average molecular weight is 372 g/mol. The second kappa shape index (κ2) is 6.89. The van der Waals surface area contributed by atoms with Gasteiger partial charge in [-0.05, 0) is 43.6 Å². The highest BCUT2D eigenvalue weighted by atomic mass is 19.1. The van der Waals surface area contributed by atoms with Crippen LogP contribution < -0.4 is 5.32 Å². The third kappa shape index (κ3) is 4.00. The second-order valence-electron chi connectivity index (χ2n) is 9.07. The molecule has 3 N–H and O–H groups in total. The number of aromatic nitrogens is 3. The number of hydrogen-bond donors (Lipinski definition) is 3. The summed E-state index contributed by atoms with van der Waals surface area (Å²) in [6.07, 6.45) is 7.81. The van der Waals surface area contributed by atoms with Gasteiger partial charge in [0.05, 0.1) is 11.3 Å². The predicted octanol–water partition coefficient (Wildman–Crippen LogP) is 4.23. The van der Waals surface area contributed by atoms with Gasteiger partial charge >= 0.3 is 0 Å². The normalized spacial score (nSPS) is 20.9. The molecule has 2 aliphatic rings. The van der Waals surface area contributed by atoms with Gasteiger partial charge in [-0.3, -0.25) is 5.10 Å². The Kier molecular flexibility index (Phi) is 4.70. The number of pyridine rings is 1. The molecule has 146 valence electrons. The van der Waals surface area contributed by atoms with Crippen molar-refractivity contribution in [3.8, 4) is 11.3 Å². The van der Waals surface area contributed by atoms with Crippen molar-refractivity contribution >= 4 is 5.82 Å². The second-order valence-corrected chi connectivity index (χ2v) is 9.07. The Morgan fingerprint density at radius 2 is 1.96 bits per heavy atom. The molecule has 2 aromatic heterocycles. The number of aliphatic hydroxyl groups is 1. The van der Waals surface area contributed by atoms with E-state index in [1.165, 1.54) is 18.1 Å². The lowest BCUT2D eigenvalue weighted by Gasteiger charge is -2.32. The molecule has 2 aromatic rings. The topological polar surface area (TPSA) is 73.8 Å². The SMILES string of the molecule is CC1(C)CCc2c(-c3cc(F)nc(NCC4(O)CCCCC4)c3)n[nH]c2C1. The quantitative estimate of drug-likeness (QED) is 0.702. The van der Waals surface area contributed by atoms with Crippen LogP contribution in [0.15, 0.2) is 12.1 Å². The van der Waals surface area contributed by atoms with Crippen molar-refractivity contribution < 1.29 is 9.50 Å². The summed E-state index contributed by atoms with van der Waals surface area (Å²) >= 11 is 0. The molecule has 2 heterocycles. The maximum absolute atomic E-state index is 14.2. The molecule has 0 amide bonds. The minimum atomic E-state index is -0.719. The molecule has 0 unspecified atom stereocenters. The molecule has 6 heteroatoms. The highest BCUT2D eigenvalue weighted by molar-refractivity contribution is 5.67. The van der Waals surface area contributed by atoms with Gasteiger partial charge in [0.2, 0.25) is 5.95 Å². The van der Waals surface area contributed by atoms with Crippen LogP contribution in [0.1, 0.15) is 63.6 Å². The number of halogens is 1. The lowest BCUT2D eigenvalue weighted by atomic mass is 9.76. The molecule has 0 aliphatic heterocycles. The number of nitrogens with zero attached hydrogens (tertiary/aromatic N) is 2. The third-order valence-electron chi connectivity index (χ3n) is 6.11. The van der Waals surface area contributed by atoms with Gasteiger partial charge in [-0.1, -0.05) is 33.1 Å². The standard InChI is InChI=1S/C21H29FN4O/c1-20(2)9-6-15-16(12-20)25-26-19(15)14-10-17(22)24-18(11-14)23-13-21(27)7-4-3-5-8-21/h10-11,27H,3-9,12-13H2,1-2H3,(H,23,24)(H,25,26). The molecule has 1 saturated carbocycles. The monoisotopic (exact) mass is 372 g/mol. The van der Waals surface area contributed by atoms with Crippen LogP contribution >= 0.6 is 0 Å². The number of aromatic amines is 1. The van der Waals surface area contributed by atoms with Gasteiger partial charge in [0.25, 0.3) is 0 Å². The van der Waals surface area contributed by atoms with Gasteiger partial charge in [-0.15, -0.1) is 0 Å². The van der Waals surface area contributed by atoms with Crippen molar-refractivity contribution in [2.75, 3.05) is 11.9 Å². The zero-order valence-corrected chi connectivity index (χ0v) is 16.2. The molecule has 0 aromatic carbocycles. The maximum Gasteiger partial charge on any atom is 0.215 e. The first-order valence-electron chi connectivity index (χ1n) is 10.0. The first-order chi connectivity index (χ1) is 12.8. The first-order valence-corrected chi connectivity index (χ1v) is 10.0. The van der Waals surface area contributed by atoms with Crippen LogP contribution in [0, 0.1) is 11.4 Å². The van der Waals surface area contributed by atoms with Crippen molar-refractivity contribution in [3.05, 3.63) is 29.3 Å². The van der Waals surface area contributed by atoms with Gasteiger partial charge in [-0.25, -0.2) is 4.98 Å². The molecule has 2 aliphatic carbocycles. The molecular formula is C21H29FN4O. The largest absolute Gasteiger partial charge is 0.388 e. The maximum atomic E-state index is 14.2. The molecule has 0 bridgehead atoms. The molecule has 1 fully saturated rings. The highest BCUT2D eigenvalue weighted by Gasteiger charge is 2.30. The molecule has 0 atom stereocenters. The molecule has 0 radical (unpaired) electrons. The van der Waals surface area contributed by atoms with E-state index in [-0.39, 0.29) is 5.41 Å². The summed E-state index contributed by atoms with van der Waals surface area (Å²) in [4.78, 5) is 3.97. The molecular weight excluding hydrogens is 343 g/mol. The van der Waals surface area contributed by atoms with E-state index in [0.717, 1.165) is 61.9 Å². The summed E-state index contributed by atoms with van der Waals surface area (Å²) in [7, 11) is 0. The van der Waals surface area contributed by atoms with Crippen LogP contribution in [0.4, 0.5) is 10.2 Å². The predicted molar refractivity (Wildman–Crippen MR) is 104 cm³/mol. The van der Waals surface area contributed by atoms with Crippen molar-refractivity contribution in [3.63, 3.8) is 0 Å². The molecule has 27 heavy (non-hydrogen) atoms. The van der Waals surface area contributed by atoms with Crippen LogP contribution in [0.25, 0.3) is 11.3 Å². The fraction of sp³-hybridized carbons (Fsp3) is 0.619. The molecule has 0 spiro atoms. The molecule has 4 rings (SSSR count).